The lowest BCUT2D eigenvalue weighted by Gasteiger charge is -2.18. The van der Waals surface area contributed by atoms with Crippen LogP contribution in [0.4, 0.5) is 0 Å². The smallest absolute Gasteiger partial charge is 0.316 e. The molecule has 1 aliphatic rings. The number of nitrogens with zero attached hydrogens (tertiary/aromatic N) is 2. The highest BCUT2D eigenvalue weighted by Gasteiger charge is 2.44. The first kappa shape index (κ1) is 15.2. The van der Waals surface area contributed by atoms with E-state index in [-0.39, 0.29) is 19.8 Å². The molecule has 0 fully saturated rings. The molecule has 21 heavy (non-hydrogen) atoms. The average molecular weight is 290 g/mol. The molecule has 2 unspecified atom stereocenters. The van der Waals surface area contributed by atoms with Gasteiger partial charge in [0.1, 0.15) is 5.92 Å². The number of esters is 2. The van der Waals surface area contributed by atoms with Crippen LogP contribution in [0.15, 0.2) is 29.4 Å². The van der Waals surface area contributed by atoms with Crippen molar-refractivity contribution in [2.45, 2.75) is 13.8 Å². The molecule has 112 valence electrons. The lowest BCUT2D eigenvalue weighted by Crippen LogP contribution is -2.35. The molecule has 6 heteroatoms. The number of hydrogen-bond donors (Lipinski definition) is 0. The van der Waals surface area contributed by atoms with Crippen molar-refractivity contribution in [3.63, 3.8) is 0 Å². The Labute approximate surface area is 123 Å². The molecule has 0 spiro atoms. The number of pyridine rings is 1. The topological polar surface area (TPSA) is 77.9 Å². The van der Waals surface area contributed by atoms with E-state index in [0.717, 1.165) is 0 Å². The normalized spacial score (nSPS) is 20.8. The number of carbonyl (C=O) groups excluding carboxylic acids is 2. The Balaban J connectivity index is 2.28. The maximum Gasteiger partial charge on any atom is 0.316 e. The minimum atomic E-state index is -0.751. The van der Waals surface area contributed by atoms with Gasteiger partial charge in [-0.15, -0.1) is 0 Å². The largest absolute Gasteiger partial charge is 0.466 e. The Morgan fingerprint density at radius 1 is 1.19 bits per heavy atom. The van der Waals surface area contributed by atoms with Crippen LogP contribution in [0.2, 0.25) is 0 Å². The van der Waals surface area contributed by atoms with E-state index < -0.39 is 23.8 Å². The molecule has 0 N–H and O–H groups in total. The van der Waals surface area contributed by atoms with Gasteiger partial charge in [-0.05, 0) is 26.0 Å². The fourth-order valence-electron chi connectivity index (χ4n) is 2.31. The van der Waals surface area contributed by atoms with Gasteiger partial charge in [-0.2, -0.15) is 0 Å². The van der Waals surface area contributed by atoms with Gasteiger partial charge in [-0.25, -0.2) is 0 Å². The molecule has 0 aromatic carbocycles. The second-order valence-electron chi connectivity index (χ2n) is 4.53. The van der Waals surface area contributed by atoms with Gasteiger partial charge in [0.05, 0.1) is 37.1 Å². The highest BCUT2D eigenvalue weighted by atomic mass is 16.5. The van der Waals surface area contributed by atoms with E-state index in [9.17, 15) is 9.59 Å². The third kappa shape index (κ3) is 3.26. The number of aliphatic imine (C=N–C) groups is 1. The molecule has 1 aromatic heterocycles. The van der Waals surface area contributed by atoms with Crippen molar-refractivity contribution in [3.05, 3.63) is 30.1 Å². The SMILES string of the molecule is CCOC(=O)C1CN=C(c2ccccn2)C1C(=O)OCC. The average Bonchev–Trinajstić information content (AvgIpc) is 2.93. The fraction of sp³-hybridized carbons (Fsp3) is 0.467. The predicted molar refractivity (Wildman–Crippen MR) is 75.9 cm³/mol. The maximum atomic E-state index is 12.2. The van der Waals surface area contributed by atoms with E-state index in [1.54, 1.807) is 32.2 Å². The number of rotatable bonds is 5. The third-order valence-electron chi connectivity index (χ3n) is 3.21. The fourth-order valence-corrected chi connectivity index (χ4v) is 2.31. The molecule has 6 nitrogen and oxygen atoms in total. The zero-order valence-electron chi connectivity index (χ0n) is 12.1. The van der Waals surface area contributed by atoms with Crippen LogP contribution < -0.4 is 0 Å². The molecule has 0 bridgehead atoms. The summed E-state index contributed by atoms with van der Waals surface area (Å²) in [7, 11) is 0. The van der Waals surface area contributed by atoms with Gasteiger partial charge in [0.2, 0.25) is 0 Å². The Hall–Kier alpha value is -2.24. The van der Waals surface area contributed by atoms with Crippen LogP contribution in [0.3, 0.4) is 0 Å². The van der Waals surface area contributed by atoms with Gasteiger partial charge < -0.3 is 9.47 Å². The minimum Gasteiger partial charge on any atom is -0.466 e. The Kier molecular flexibility index (Phi) is 5.03. The van der Waals surface area contributed by atoms with Gasteiger partial charge in [-0.1, -0.05) is 6.07 Å². The summed E-state index contributed by atoms with van der Waals surface area (Å²) in [6.45, 7) is 4.19. The monoisotopic (exact) mass is 290 g/mol. The van der Waals surface area contributed by atoms with E-state index in [1.807, 2.05) is 6.07 Å². The molecular formula is C15H18N2O4. The summed E-state index contributed by atoms with van der Waals surface area (Å²) in [5.74, 6) is -2.28. The van der Waals surface area contributed by atoms with Crippen LogP contribution >= 0.6 is 0 Å². The Morgan fingerprint density at radius 2 is 1.90 bits per heavy atom. The van der Waals surface area contributed by atoms with Crippen LogP contribution in [0, 0.1) is 11.8 Å². The molecular weight excluding hydrogens is 272 g/mol. The molecule has 1 aromatic rings. The van der Waals surface area contributed by atoms with Crippen LogP contribution in [-0.4, -0.2) is 42.4 Å². The summed E-state index contributed by atoms with van der Waals surface area (Å²) in [6.07, 6.45) is 1.62. The standard InChI is InChI=1S/C15H18N2O4/c1-3-20-14(18)10-9-17-13(11-7-5-6-8-16-11)12(10)15(19)21-4-2/h5-8,10,12H,3-4,9H2,1-2H3. The zero-order valence-corrected chi connectivity index (χ0v) is 12.1. The van der Waals surface area contributed by atoms with Gasteiger partial charge in [0, 0.05) is 6.20 Å². The number of hydrogen-bond acceptors (Lipinski definition) is 6. The van der Waals surface area contributed by atoms with Crippen molar-refractivity contribution in [1.29, 1.82) is 0 Å². The highest BCUT2D eigenvalue weighted by Crippen LogP contribution is 2.27. The van der Waals surface area contributed by atoms with Crippen LogP contribution in [0.1, 0.15) is 19.5 Å². The van der Waals surface area contributed by atoms with E-state index in [4.69, 9.17) is 9.47 Å². The summed E-state index contributed by atoms with van der Waals surface area (Å²) in [4.78, 5) is 32.8. The first-order valence-corrected chi connectivity index (χ1v) is 6.98. The molecule has 0 saturated heterocycles. The van der Waals surface area contributed by atoms with E-state index >= 15 is 0 Å². The Morgan fingerprint density at radius 3 is 2.52 bits per heavy atom. The molecule has 1 aliphatic heterocycles. The molecule has 0 radical (unpaired) electrons. The summed E-state index contributed by atoms with van der Waals surface area (Å²) < 4.78 is 10.1. The Bertz CT molecular complexity index is 542. The molecule has 0 amide bonds. The summed E-state index contributed by atoms with van der Waals surface area (Å²) in [6, 6.07) is 5.35. The minimum absolute atomic E-state index is 0.216. The lowest BCUT2D eigenvalue weighted by molar-refractivity contribution is -0.156. The molecule has 2 heterocycles. The van der Waals surface area contributed by atoms with Crippen molar-refractivity contribution < 1.29 is 19.1 Å². The molecule has 0 aliphatic carbocycles. The third-order valence-corrected chi connectivity index (χ3v) is 3.21. The summed E-state index contributed by atoms with van der Waals surface area (Å²) in [5.41, 5.74) is 1.08. The maximum absolute atomic E-state index is 12.2. The van der Waals surface area contributed by atoms with Gasteiger partial charge in [0.25, 0.3) is 0 Å². The van der Waals surface area contributed by atoms with Gasteiger partial charge >= 0.3 is 11.9 Å². The van der Waals surface area contributed by atoms with Gasteiger partial charge in [0.15, 0.2) is 0 Å². The van der Waals surface area contributed by atoms with Crippen molar-refractivity contribution in [3.8, 4) is 0 Å². The van der Waals surface area contributed by atoms with Crippen LogP contribution in [0.5, 0.6) is 0 Å². The van der Waals surface area contributed by atoms with Crippen molar-refractivity contribution in [1.82, 2.24) is 4.98 Å². The molecule has 2 atom stereocenters. The van der Waals surface area contributed by atoms with E-state index in [2.05, 4.69) is 9.98 Å². The van der Waals surface area contributed by atoms with Crippen molar-refractivity contribution in [2.75, 3.05) is 19.8 Å². The number of ether oxygens (including phenoxy) is 2. The predicted octanol–water partition coefficient (Wildman–Crippen LogP) is 1.24. The second kappa shape index (κ2) is 6.97. The molecule has 0 saturated carbocycles. The lowest BCUT2D eigenvalue weighted by atomic mass is 9.89. The van der Waals surface area contributed by atoms with E-state index in [1.165, 1.54) is 0 Å². The van der Waals surface area contributed by atoms with E-state index in [0.29, 0.717) is 11.4 Å². The number of aromatic nitrogens is 1. The summed E-state index contributed by atoms with van der Waals surface area (Å²) >= 11 is 0. The van der Waals surface area contributed by atoms with Gasteiger partial charge in [-0.3, -0.25) is 19.6 Å². The van der Waals surface area contributed by atoms with Crippen LogP contribution in [-0.2, 0) is 19.1 Å². The highest BCUT2D eigenvalue weighted by molar-refractivity contribution is 6.14. The first-order chi connectivity index (χ1) is 10.2. The molecule has 2 rings (SSSR count). The van der Waals surface area contributed by atoms with Crippen molar-refractivity contribution in [2.24, 2.45) is 16.8 Å². The van der Waals surface area contributed by atoms with Crippen molar-refractivity contribution >= 4 is 17.7 Å². The summed E-state index contributed by atoms with van der Waals surface area (Å²) in [5, 5.41) is 0. The first-order valence-electron chi connectivity index (χ1n) is 6.98. The quantitative estimate of drug-likeness (QED) is 0.762. The second-order valence-corrected chi connectivity index (χ2v) is 4.53. The zero-order chi connectivity index (χ0) is 15.2. The number of carbonyl (C=O) groups is 2. The van der Waals surface area contributed by atoms with Crippen LogP contribution in [0.25, 0.3) is 0 Å².